The first-order chi connectivity index (χ1) is 12.6. The molecule has 0 saturated carbocycles. The SMILES string of the molecule is CC1CN(CC2CCCN2C(=O)c2cc(S(N)(=O)=O)ccc2Br)CC(C)O1. The molecule has 2 fully saturated rings. The van der Waals surface area contributed by atoms with Crippen molar-refractivity contribution in [3.05, 3.63) is 28.2 Å². The van der Waals surface area contributed by atoms with Crippen LogP contribution >= 0.6 is 15.9 Å². The molecule has 3 unspecified atom stereocenters. The molecule has 0 radical (unpaired) electrons. The zero-order valence-electron chi connectivity index (χ0n) is 15.6. The maximum atomic E-state index is 13.1. The molecule has 0 aliphatic carbocycles. The van der Waals surface area contributed by atoms with Crippen molar-refractivity contribution >= 4 is 31.9 Å². The highest BCUT2D eigenvalue weighted by atomic mass is 79.9. The third-order valence-corrected chi connectivity index (χ3v) is 6.70. The Morgan fingerprint density at radius 2 is 1.96 bits per heavy atom. The molecule has 0 spiro atoms. The summed E-state index contributed by atoms with van der Waals surface area (Å²) >= 11 is 3.37. The van der Waals surface area contributed by atoms with Crippen molar-refractivity contribution in [3.8, 4) is 0 Å². The Bertz CT molecular complexity index is 807. The number of sulfonamides is 1. The number of amides is 1. The van der Waals surface area contributed by atoms with Gasteiger partial charge in [0.2, 0.25) is 10.0 Å². The highest BCUT2D eigenvalue weighted by molar-refractivity contribution is 9.10. The lowest BCUT2D eigenvalue weighted by Gasteiger charge is -2.38. The number of hydrogen-bond acceptors (Lipinski definition) is 5. The van der Waals surface area contributed by atoms with E-state index in [4.69, 9.17) is 9.88 Å². The topological polar surface area (TPSA) is 92.9 Å². The lowest BCUT2D eigenvalue weighted by molar-refractivity contribution is -0.0715. The highest BCUT2D eigenvalue weighted by Gasteiger charge is 2.33. The molecule has 2 aliphatic rings. The molecule has 0 bridgehead atoms. The van der Waals surface area contributed by atoms with Crippen molar-refractivity contribution < 1.29 is 17.9 Å². The van der Waals surface area contributed by atoms with Gasteiger partial charge in [0.25, 0.3) is 5.91 Å². The minimum Gasteiger partial charge on any atom is -0.373 e. The molecule has 0 aromatic heterocycles. The highest BCUT2D eigenvalue weighted by Crippen LogP contribution is 2.27. The molecule has 2 heterocycles. The zero-order valence-corrected chi connectivity index (χ0v) is 18.0. The number of carbonyl (C=O) groups excluding carboxylic acids is 1. The van der Waals surface area contributed by atoms with E-state index in [1.54, 1.807) is 6.07 Å². The molecule has 1 aromatic carbocycles. The minimum atomic E-state index is -3.86. The molecule has 27 heavy (non-hydrogen) atoms. The summed E-state index contributed by atoms with van der Waals surface area (Å²) in [6.45, 7) is 7.31. The van der Waals surface area contributed by atoms with E-state index in [-0.39, 0.29) is 29.1 Å². The van der Waals surface area contributed by atoms with Gasteiger partial charge in [0.05, 0.1) is 22.7 Å². The predicted octanol–water partition coefficient (Wildman–Crippen LogP) is 1.81. The van der Waals surface area contributed by atoms with Crippen LogP contribution in [0.15, 0.2) is 27.6 Å². The number of morpholine rings is 1. The fourth-order valence-electron chi connectivity index (χ4n) is 4.02. The van der Waals surface area contributed by atoms with E-state index in [1.165, 1.54) is 12.1 Å². The Balaban J connectivity index is 1.78. The summed E-state index contributed by atoms with van der Waals surface area (Å²) in [5, 5.41) is 5.22. The van der Waals surface area contributed by atoms with Crippen LogP contribution in [-0.2, 0) is 14.8 Å². The summed E-state index contributed by atoms with van der Waals surface area (Å²) in [5.41, 5.74) is 0.331. The second-order valence-corrected chi connectivity index (χ2v) is 9.87. The van der Waals surface area contributed by atoms with Crippen LogP contribution in [0.25, 0.3) is 0 Å². The van der Waals surface area contributed by atoms with Crippen LogP contribution in [0, 0.1) is 0 Å². The van der Waals surface area contributed by atoms with Gasteiger partial charge in [-0.15, -0.1) is 0 Å². The molecule has 3 atom stereocenters. The Morgan fingerprint density at radius 3 is 2.59 bits per heavy atom. The zero-order chi connectivity index (χ0) is 19.8. The maximum absolute atomic E-state index is 13.1. The average molecular weight is 460 g/mol. The third-order valence-electron chi connectivity index (χ3n) is 5.10. The number of nitrogens with two attached hydrogens (primary N) is 1. The summed E-state index contributed by atoms with van der Waals surface area (Å²) in [7, 11) is -3.86. The van der Waals surface area contributed by atoms with Crippen molar-refractivity contribution in [1.29, 1.82) is 0 Å². The monoisotopic (exact) mass is 459 g/mol. The van der Waals surface area contributed by atoms with Crippen LogP contribution in [-0.4, -0.2) is 68.6 Å². The first kappa shape index (κ1) is 20.7. The second kappa shape index (κ2) is 8.16. The molecule has 150 valence electrons. The van der Waals surface area contributed by atoms with E-state index in [2.05, 4.69) is 34.7 Å². The van der Waals surface area contributed by atoms with Gasteiger partial charge in [-0.05, 0) is 60.8 Å². The Morgan fingerprint density at radius 1 is 1.30 bits per heavy atom. The van der Waals surface area contributed by atoms with E-state index < -0.39 is 10.0 Å². The fourth-order valence-corrected chi connectivity index (χ4v) is 4.98. The van der Waals surface area contributed by atoms with Gasteiger partial charge in [-0.3, -0.25) is 9.69 Å². The molecule has 2 N–H and O–H groups in total. The van der Waals surface area contributed by atoms with Gasteiger partial charge >= 0.3 is 0 Å². The van der Waals surface area contributed by atoms with Crippen LogP contribution < -0.4 is 5.14 Å². The first-order valence-corrected chi connectivity index (χ1v) is 11.5. The minimum absolute atomic E-state index is 0.0550. The van der Waals surface area contributed by atoms with Gasteiger partial charge in [0.15, 0.2) is 0 Å². The lowest BCUT2D eigenvalue weighted by Crippen LogP contribution is -2.51. The summed E-state index contributed by atoms with van der Waals surface area (Å²) in [5.74, 6) is -0.163. The number of primary sulfonamides is 1. The van der Waals surface area contributed by atoms with Crippen LogP contribution in [0.2, 0.25) is 0 Å². The number of ether oxygens (including phenoxy) is 1. The van der Waals surface area contributed by atoms with Gasteiger partial charge in [-0.25, -0.2) is 13.6 Å². The lowest BCUT2D eigenvalue weighted by atomic mass is 10.1. The number of carbonyl (C=O) groups is 1. The predicted molar refractivity (Wildman–Crippen MR) is 106 cm³/mol. The largest absolute Gasteiger partial charge is 0.373 e. The quantitative estimate of drug-likeness (QED) is 0.740. The third kappa shape index (κ3) is 4.89. The number of rotatable bonds is 4. The number of likely N-dealkylation sites (tertiary alicyclic amines) is 1. The number of nitrogens with zero attached hydrogens (tertiary/aromatic N) is 2. The Kier molecular flexibility index (Phi) is 6.27. The van der Waals surface area contributed by atoms with Crippen molar-refractivity contribution in [2.24, 2.45) is 5.14 Å². The second-order valence-electron chi connectivity index (χ2n) is 7.46. The molecule has 2 saturated heterocycles. The van der Waals surface area contributed by atoms with Crippen LogP contribution in [0.5, 0.6) is 0 Å². The fraction of sp³-hybridized carbons (Fsp3) is 0.611. The van der Waals surface area contributed by atoms with E-state index in [0.717, 1.165) is 32.5 Å². The molecular weight excluding hydrogens is 434 g/mol. The first-order valence-electron chi connectivity index (χ1n) is 9.16. The van der Waals surface area contributed by atoms with E-state index in [0.29, 0.717) is 16.6 Å². The van der Waals surface area contributed by atoms with Crippen LogP contribution in [0.3, 0.4) is 0 Å². The smallest absolute Gasteiger partial charge is 0.255 e. The van der Waals surface area contributed by atoms with Gasteiger partial charge in [-0.1, -0.05) is 0 Å². The number of halogens is 1. The van der Waals surface area contributed by atoms with Crippen LogP contribution in [0.1, 0.15) is 37.0 Å². The van der Waals surface area contributed by atoms with Gasteiger partial charge in [0, 0.05) is 36.7 Å². The van der Waals surface area contributed by atoms with Gasteiger partial charge in [0.1, 0.15) is 0 Å². The molecule has 7 nitrogen and oxygen atoms in total. The normalized spacial score (nSPS) is 27.1. The average Bonchev–Trinajstić information content (AvgIpc) is 3.00. The van der Waals surface area contributed by atoms with Crippen molar-refractivity contribution in [2.75, 3.05) is 26.2 Å². The van der Waals surface area contributed by atoms with Crippen molar-refractivity contribution in [1.82, 2.24) is 9.80 Å². The summed E-state index contributed by atoms with van der Waals surface area (Å²) in [4.78, 5) is 17.3. The summed E-state index contributed by atoms with van der Waals surface area (Å²) in [6, 6.07) is 4.42. The van der Waals surface area contributed by atoms with Crippen molar-refractivity contribution in [3.63, 3.8) is 0 Å². The molecule has 3 rings (SSSR count). The molecular formula is C18H26BrN3O4S. The van der Waals surface area contributed by atoms with E-state index in [9.17, 15) is 13.2 Å². The van der Waals surface area contributed by atoms with E-state index in [1.807, 2.05) is 4.90 Å². The molecule has 1 aromatic rings. The number of hydrogen-bond donors (Lipinski definition) is 1. The Hall–Kier alpha value is -1.00. The summed E-state index contributed by atoms with van der Waals surface area (Å²) < 4.78 is 29.7. The molecule has 1 amide bonds. The maximum Gasteiger partial charge on any atom is 0.255 e. The van der Waals surface area contributed by atoms with Crippen LogP contribution in [0.4, 0.5) is 0 Å². The summed E-state index contributed by atoms with van der Waals surface area (Å²) in [6.07, 6.45) is 2.25. The molecule has 2 aliphatic heterocycles. The van der Waals surface area contributed by atoms with Gasteiger partial charge < -0.3 is 9.64 Å². The number of benzene rings is 1. The van der Waals surface area contributed by atoms with E-state index >= 15 is 0 Å². The van der Waals surface area contributed by atoms with Gasteiger partial charge in [-0.2, -0.15) is 0 Å². The Labute approximate surface area is 169 Å². The standard InChI is InChI=1S/C18H26BrN3O4S/c1-12-9-21(10-13(2)26-12)11-14-4-3-7-22(14)18(23)16-8-15(27(20,24)25)5-6-17(16)19/h5-6,8,12-14H,3-4,7,9-11H2,1-2H3,(H2,20,24,25). The molecule has 9 heteroatoms. The van der Waals surface area contributed by atoms with Crippen molar-refractivity contribution in [2.45, 2.75) is 49.8 Å².